The van der Waals surface area contributed by atoms with Crippen LogP contribution in [0.1, 0.15) is 67.2 Å². The molecule has 0 N–H and O–H groups in total. The summed E-state index contributed by atoms with van der Waals surface area (Å²) >= 11 is 0. The number of hydrogen-bond donors (Lipinski definition) is 0. The standard InChI is InChI=1S/C27H30F2/c1-3-4-5-21-10-12-23(13-11-21)15-17-25-19-18-24(26(28)27(25)29)16-14-22-8-6-20(2)7-9-22/h3,6-9,18-19,21,23H,1,4-5,10-13,15,17H2,2H3. The van der Waals surface area contributed by atoms with Gasteiger partial charge >= 0.3 is 0 Å². The summed E-state index contributed by atoms with van der Waals surface area (Å²) in [6.45, 7) is 5.80. The lowest BCUT2D eigenvalue weighted by Crippen LogP contribution is -2.15. The highest BCUT2D eigenvalue weighted by molar-refractivity contribution is 5.45. The van der Waals surface area contributed by atoms with Gasteiger partial charge in [0.25, 0.3) is 0 Å². The Labute approximate surface area is 174 Å². The van der Waals surface area contributed by atoms with Crippen LogP contribution in [0.25, 0.3) is 0 Å². The van der Waals surface area contributed by atoms with Crippen molar-refractivity contribution in [2.45, 2.75) is 58.3 Å². The summed E-state index contributed by atoms with van der Waals surface area (Å²) in [6, 6.07) is 11.0. The quantitative estimate of drug-likeness (QED) is 0.355. The van der Waals surface area contributed by atoms with E-state index in [4.69, 9.17) is 0 Å². The molecule has 2 aromatic rings. The van der Waals surface area contributed by atoms with E-state index in [0.717, 1.165) is 29.9 Å². The van der Waals surface area contributed by atoms with Crippen LogP contribution < -0.4 is 0 Å². The molecular weight excluding hydrogens is 362 g/mol. The van der Waals surface area contributed by atoms with Gasteiger partial charge in [-0.2, -0.15) is 0 Å². The largest absolute Gasteiger partial charge is 0.203 e. The lowest BCUT2D eigenvalue weighted by atomic mass is 9.78. The summed E-state index contributed by atoms with van der Waals surface area (Å²) in [5, 5.41) is 0. The zero-order chi connectivity index (χ0) is 20.6. The Hall–Kier alpha value is -2.40. The van der Waals surface area contributed by atoms with Crippen LogP contribution in [-0.2, 0) is 6.42 Å². The molecule has 1 aliphatic carbocycles. The first-order valence-corrected chi connectivity index (χ1v) is 10.7. The first-order valence-electron chi connectivity index (χ1n) is 10.7. The maximum Gasteiger partial charge on any atom is 0.174 e. The van der Waals surface area contributed by atoms with Gasteiger partial charge in [0.15, 0.2) is 11.6 Å². The van der Waals surface area contributed by atoms with Crippen LogP contribution in [0.15, 0.2) is 49.1 Å². The van der Waals surface area contributed by atoms with Gasteiger partial charge in [0, 0.05) is 5.56 Å². The Balaban J connectivity index is 1.57. The molecule has 29 heavy (non-hydrogen) atoms. The van der Waals surface area contributed by atoms with Crippen molar-refractivity contribution in [3.63, 3.8) is 0 Å². The van der Waals surface area contributed by atoms with Gasteiger partial charge in [0.05, 0.1) is 5.56 Å². The Morgan fingerprint density at radius 1 is 0.897 bits per heavy atom. The number of benzene rings is 2. The minimum Gasteiger partial charge on any atom is -0.203 e. The maximum absolute atomic E-state index is 14.5. The van der Waals surface area contributed by atoms with Crippen LogP contribution in [0, 0.1) is 42.2 Å². The number of rotatable bonds is 6. The molecule has 1 aliphatic rings. The summed E-state index contributed by atoms with van der Waals surface area (Å²) in [6.07, 6.45) is 10.8. The summed E-state index contributed by atoms with van der Waals surface area (Å²) < 4.78 is 29.0. The van der Waals surface area contributed by atoms with Crippen molar-refractivity contribution >= 4 is 0 Å². The molecule has 0 aromatic heterocycles. The van der Waals surface area contributed by atoms with Crippen LogP contribution >= 0.6 is 0 Å². The van der Waals surface area contributed by atoms with Gasteiger partial charge in [-0.1, -0.05) is 67.4 Å². The molecule has 0 unspecified atom stereocenters. The Morgan fingerprint density at radius 3 is 2.21 bits per heavy atom. The highest BCUT2D eigenvalue weighted by atomic mass is 19.2. The molecule has 0 aliphatic heterocycles. The smallest absolute Gasteiger partial charge is 0.174 e. The Bertz CT molecular complexity index is 875. The van der Waals surface area contributed by atoms with E-state index in [1.54, 1.807) is 12.1 Å². The first-order chi connectivity index (χ1) is 14.1. The predicted molar refractivity (Wildman–Crippen MR) is 117 cm³/mol. The maximum atomic E-state index is 14.5. The molecule has 2 aromatic carbocycles. The van der Waals surface area contributed by atoms with Crippen molar-refractivity contribution in [2.75, 3.05) is 0 Å². The van der Waals surface area contributed by atoms with E-state index < -0.39 is 11.6 Å². The van der Waals surface area contributed by atoms with Crippen molar-refractivity contribution in [1.29, 1.82) is 0 Å². The number of hydrogen-bond acceptors (Lipinski definition) is 0. The second-order valence-electron chi connectivity index (χ2n) is 8.31. The summed E-state index contributed by atoms with van der Waals surface area (Å²) in [4.78, 5) is 0. The highest BCUT2D eigenvalue weighted by Gasteiger charge is 2.21. The molecular formula is C27H30F2. The van der Waals surface area contributed by atoms with Crippen molar-refractivity contribution < 1.29 is 8.78 Å². The van der Waals surface area contributed by atoms with Gasteiger partial charge in [-0.05, 0) is 68.2 Å². The molecule has 0 nitrogen and oxygen atoms in total. The van der Waals surface area contributed by atoms with Crippen LogP contribution in [0.2, 0.25) is 0 Å². The van der Waals surface area contributed by atoms with E-state index in [1.165, 1.54) is 32.1 Å². The predicted octanol–water partition coefficient (Wildman–Crippen LogP) is 7.38. The fraction of sp³-hybridized carbons (Fsp3) is 0.407. The van der Waals surface area contributed by atoms with Crippen LogP contribution in [0.4, 0.5) is 8.78 Å². The van der Waals surface area contributed by atoms with E-state index in [9.17, 15) is 8.78 Å². The zero-order valence-corrected chi connectivity index (χ0v) is 17.3. The Kier molecular flexibility index (Phi) is 7.64. The first kappa shape index (κ1) is 21.3. The molecule has 0 amide bonds. The fourth-order valence-corrected chi connectivity index (χ4v) is 4.18. The molecule has 1 saturated carbocycles. The second kappa shape index (κ2) is 10.4. The average Bonchev–Trinajstić information content (AvgIpc) is 2.74. The lowest BCUT2D eigenvalue weighted by molar-refractivity contribution is 0.254. The normalized spacial score (nSPS) is 18.7. The molecule has 0 atom stereocenters. The molecule has 152 valence electrons. The monoisotopic (exact) mass is 392 g/mol. The van der Waals surface area contributed by atoms with Crippen molar-refractivity contribution in [3.8, 4) is 11.8 Å². The summed E-state index contributed by atoms with van der Waals surface area (Å²) in [5.41, 5.74) is 2.53. The van der Waals surface area contributed by atoms with E-state index in [1.807, 2.05) is 37.3 Å². The molecule has 0 bridgehead atoms. The van der Waals surface area contributed by atoms with Gasteiger partial charge in [0.2, 0.25) is 0 Å². The summed E-state index contributed by atoms with van der Waals surface area (Å²) in [5.74, 6) is 5.56. The minimum absolute atomic E-state index is 0.120. The molecule has 3 rings (SSSR count). The third kappa shape index (κ3) is 6.04. The third-order valence-electron chi connectivity index (χ3n) is 6.12. The molecule has 0 heterocycles. The topological polar surface area (TPSA) is 0 Å². The van der Waals surface area contributed by atoms with Crippen molar-refractivity contribution in [3.05, 3.63) is 82.9 Å². The van der Waals surface area contributed by atoms with E-state index >= 15 is 0 Å². The Morgan fingerprint density at radius 2 is 1.55 bits per heavy atom. The van der Waals surface area contributed by atoms with Gasteiger partial charge in [-0.3, -0.25) is 0 Å². The fourth-order valence-electron chi connectivity index (χ4n) is 4.18. The number of halogens is 2. The second-order valence-corrected chi connectivity index (χ2v) is 8.31. The van der Waals surface area contributed by atoms with Crippen LogP contribution in [0.5, 0.6) is 0 Å². The molecule has 0 radical (unpaired) electrons. The zero-order valence-electron chi connectivity index (χ0n) is 17.3. The molecule has 1 fully saturated rings. The van der Waals surface area contributed by atoms with Crippen molar-refractivity contribution in [2.24, 2.45) is 11.8 Å². The van der Waals surface area contributed by atoms with Crippen LogP contribution in [-0.4, -0.2) is 0 Å². The molecule has 0 spiro atoms. The lowest BCUT2D eigenvalue weighted by Gasteiger charge is -2.28. The third-order valence-corrected chi connectivity index (χ3v) is 6.12. The number of aryl methyl sites for hydroxylation is 2. The van der Waals surface area contributed by atoms with E-state index in [0.29, 0.717) is 17.9 Å². The highest BCUT2D eigenvalue weighted by Crippen LogP contribution is 2.34. The summed E-state index contributed by atoms with van der Waals surface area (Å²) in [7, 11) is 0. The van der Waals surface area contributed by atoms with Crippen LogP contribution in [0.3, 0.4) is 0 Å². The van der Waals surface area contributed by atoms with Gasteiger partial charge < -0.3 is 0 Å². The molecule has 0 saturated heterocycles. The van der Waals surface area contributed by atoms with Gasteiger partial charge in [-0.15, -0.1) is 6.58 Å². The van der Waals surface area contributed by atoms with E-state index in [-0.39, 0.29) is 5.56 Å². The van der Waals surface area contributed by atoms with E-state index in [2.05, 4.69) is 18.4 Å². The van der Waals surface area contributed by atoms with Gasteiger partial charge in [0.1, 0.15) is 0 Å². The molecule has 2 heteroatoms. The SMILES string of the molecule is C=CCCC1CCC(CCc2ccc(C#Cc3ccc(C)cc3)c(F)c2F)CC1. The van der Waals surface area contributed by atoms with Gasteiger partial charge in [-0.25, -0.2) is 8.78 Å². The average molecular weight is 393 g/mol. The minimum atomic E-state index is -0.824. The van der Waals surface area contributed by atoms with Crippen molar-refractivity contribution in [1.82, 2.24) is 0 Å². The number of allylic oxidation sites excluding steroid dienone is 1.